The van der Waals surface area contributed by atoms with Gasteiger partial charge in [-0.2, -0.15) is 5.26 Å². The predicted octanol–water partition coefficient (Wildman–Crippen LogP) is 4.30. The molecule has 0 radical (unpaired) electrons. The van der Waals surface area contributed by atoms with Gasteiger partial charge >= 0.3 is 0 Å². The zero-order valence-electron chi connectivity index (χ0n) is 14.0. The molecule has 4 heteroatoms. The smallest absolute Gasteiger partial charge is 0.227 e. The monoisotopic (exact) mass is 314 g/mol. The fourth-order valence-electron chi connectivity index (χ4n) is 3.20. The van der Waals surface area contributed by atoms with Gasteiger partial charge in [-0.1, -0.05) is 19.3 Å². The molecule has 4 nitrogen and oxygen atoms in total. The van der Waals surface area contributed by atoms with Crippen LogP contribution in [0.3, 0.4) is 0 Å². The van der Waals surface area contributed by atoms with Gasteiger partial charge in [-0.25, -0.2) is 0 Å². The zero-order valence-corrected chi connectivity index (χ0v) is 14.0. The van der Waals surface area contributed by atoms with Crippen LogP contribution in [0.5, 0.6) is 5.75 Å². The van der Waals surface area contributed by atoms with Gasteiger partial charge in [-0.3, -0.25) is 4.79 Å². The second kappa shape index (κ2) is 9.19. The highest BCUT2D eigenvalue weighted by molar-refractivity contribution is 5.93. The Bertz CT molecular complexity index is 527. The Balaban J connectivity index is 2.05. The molecule has 0 spiro atoms. The summed E-state index contributed by atoms with van der Waals surface area (Å²) >= 11 is 0. The molecule has 1 fully saturated rings. The number of hydrogen-bond donors (Lipinski definition) is 0. The fraction of sp³-hybridized carbons (Fsp3) is 0.579. The van der Waals surface area contributed by atoms with Crippen molar-refractivity contribution < 1.29 is 9.53 Å². The van der Waals surface area contributed by atoms with E-state index in [4.69, 9.17) is 10.00 Å². The standard InChI is InChI=1S/C19H26N2O2/c1-2-23-18-11-9-17(10-12-18)21(14-6-13-20)19(22)15-16-7-4-3-5-8-16/h9-12,16H,2-8,14-15H2,1H3. The van der Waals surface area contributed by atoms with Crippen LogP contribution in [-0.2, 0) is 4.79 Å². The normalized spacial score (nSPS) is 15.0. The molecule has 1 saturated carbocycles. The summed E-state index contributed by atoms with van der Waals surface area (Å²) in [6.07, 6.45) is 7.02. The summed E-state index contributed by atoms with van der Waals surface area (Å²) in [5.74, 6) is 1.44. The van der Waals surface area contributed by atoms with Crippen molar-refractivity contribution in [1.29, 1.82) is 5.26 Å². The van der Waals surface area contributed by atoms with E-state index in [0.29, 0.717) is 31.9 Å². The molecule has 0 aromatic heterocycles. The highest BCUT2D eigenvalue weighted by atomic mass is 16.5. The van der Waals surface area contributed by atoms with E-state index in [1.165, 1.54) is 19.3 Å². The van der Waals surface area contributed by atoms with Gasteiger partial charge in [0.25, 0.3) is 0 Å². The summed E-state index contributed by atoms with van der Waals surface area (Å²) in [5, 5.41) is 8.87. The Kier molecular flexibility index (Phi) is 6.93. The number of carbonyl (C=O) groups is 1. The Morgan fingerprint density at radius 1 is 1.26 bits per heavy atom. The minimum atomic E-state index is 0.135. The van der Waals surface area contributed by atoms with E-state index >= 15 is 0 Å². The lowest BCUT2D eigenvalue weighted by Gasteiger charge is -2.26. The third-order valence-corrected chi connectivity index (χ3v) is 4.40. The third-order valence-electron chi connectivity index (χ3n) is 4.40. The molecule has 23 heavy (non-hydrogen) atoms. The first-order valence-electron chi connectivity index (χ1n) is 8.64. The first-order valence-corrected chi connectivity index (χ1v) is 8.64. The molecule has 0 unspecified atom stereocenters. The second-order valence-electron chi connectivity index (χ2n) is 6.09. The number of nitrogens with zero attached hydrogens (tertiary/aromatic N) is 2. The van der Waals surface area contributed by atoms with Crippen molar-refractivity contribution in [1.82, 2.24) is 0 Å². The molecular weight excluding hydrogens is 288 g/mol. The average Bonchev–Trinajstić information content (AvgIpc) is 2.58. The van der Waals surface area contributed by atoms with Gasteiger partial charge in [-0.15, -0.1) is 0 Å². The van der Waals surface area contributed by atoms with Crippen LogP contribution in [0.15, 0.2) is 24.3 Å². The maximum atomic E-state index is 12.7. The molecule has 0 saturated heterocycles. The van der Waals surface area contributed by atoms with E-state index < -0.39 is 0 Å². The molecular formula is C19H26N2O2. The Labute approximate surface area is 139 Å². The molecule has 2 rings (SSSR count). The quantitative estimate of drug-likeness (QED) is 0.754. The number of benzene rings is 1. The number of rotatable bonds is 7. The summed E-state index contributed by atoms with van der Waals surface area (Å²) in [5.41, 5.74) is 0.851. The highest BCUT2D eigenvalue weighted by Crippen LogP contribution is 2.28. The molecule has 1 aliphatic rings. The summed E-state index contributed by atoms with van der Waals surface area (Å²) in [6.45, 7) is 3.02. The number of carbonyl (C=O) groups excluding carboxylic acids is 1. The van der Waals surface area contributed by atoms with Crippen LogP contribution in [-0.4, -0.2) is 19.1 Å². The predicted molar refractivity (Wildman–Crippen MR) is 91.4 cm³/mol. The molecule has 124 valence electrons. The Hall–Kier alpha value is -2.02. The summed E-state index contributed by atoms with van der Waals surface area (Å²) in [7, 11) is 0. The number of anilines is 1. The maximum absolute atomic E-state index is 12.7. The van der Waals surface area contributed by atoms with Gasteiger partial charge in [0.15, 0.2) is 0 Å². The minimum absolute atomic E-state index is 0.135. The molecule has 0 aliphatic heterocycles. The van der Waals surface area contributed by atoms with E-state index in [2.05, 4.69) is 6.07 Å². The van der Waals surface area contributed by atoms with Gasteiger partial charge < -0.3 is 9.64 Å². The maximum Gasteiger partial charge on any atom is 0.227 e. The van der Waals surface area contributed by atoms with Gasteiger partial charge in [0.2, 0.25) is 5.91 Å². The van der Waals surface area contributed by atoms with E-state index in [9.17, 15) is 4.79 Å². The lowest BCUT2D eigenvalue weighted by Crippen LogP contribution is -2.33. The van der Waals surface area contributed by atoms with Crippen LogP contribution in [0, 0.1) is 17.2 Å². The first-order chi connectivity index (χ1) is 11.2. The molecule has 0 N–H and O–H groups in total. The van der Waals surface area contributed by atoms with Crippen molar-refractivity contribution in [2.45, 2.75) is 51.9 Å². The first kappa shape index (κ1) is 17.3. The van der Waals surface area contributed by atoms with Crippen LogP contribution in [0.1, 0.15) is 51.9 Å². The number of hydrogen-bond acceptors (Lipinski definition) is 3. The number of amides is 1. The minimum Gasteiger partial charge on any atom is -0.494 e. The van der Waals surface area contributed by atoms with Crippen molar-refractivity contribution >= 4 is 11.6 Å². The van der Waals surface area contributed by atoms with Crippen LogP contribution in [0.4, 0.5) is 5.69 Å². The lowest BCUT2D eigenvalue weighted by molar-refractivity contribution is -0.119. The summed E-state index contributed by atoms with van der Waals surface area (Å²) < 4.78 is 5.45. The van der Waals surface area contributed by atoms with Gasteiger partial charge in [0, 0.05) is 18.7 Å². The van der Waals surface area contributed by atoms with Gasteiger partial charge in [-0.05, 0) is 49.9 Å². The largest absolute Gasteiger partial charge is 0.494 e. The van der Waals surface area contributed by atoms with E-state index in [1.54, 1.807) is 4.90 Å². The summed E-state index contributed by atoms with van der Waals surface area (Å²) in [6, 6.07) is 9.71. The van der Waals surface area contributed by atoms with Crippen LogP contribution < -0.4 is 9.64 Å². The van der Waals surface area contributed by atoms with Crippen LogP contribution >= 0.6 is 0 Å². The second-order valence-corrected chi connectivity index (χ2v) is 6.09. The number of ether oxygens (including phenoxy) is 1. The van der Waals surface area contributed by atoms with Crippen molar-refractivity contribution in [3.05, 3.63) is 24.3 Å². The fourth-order valence-corrected chi connectivity index (χ4v) is 3.20. The molecule has 0 atom stereocenters. The molecule has 1 aliphatic carbocycles. The number of nitriles is 1. The summed E-state index contributed by atoms with van der Waals surface area (Å²) in [4.78, 5) is 14.5. The Morgan fingerprint density at radius 2 is 1.96 bits per heavy atom. The lowest BCUT2D eigenvalue weighted by atomic mass is 9.86. The zero-order chi connectivity index (χ0) is 16.5. The van der Waals surface area contributed by atoms with Crippen molar-refractivity contribution in [2.24, 2.45) is 5.92 Å². The SMILES string of the molecule is CCOc1ccc(N(CCC#N)C(=O)CC2CCCCC2)cc1. The van der Waals surface area contributed by atoms with Crippen molar-refractivity contribution in [3.8, 4) is 11.8 Å². The van der Waals surface area contributed by atoms with Gasteiger partial charge in [0.05, 0.1) is 19.1 Å². The van der Waals surface area contributed by atoms with Crippen LogP contribution in [0.25, 0.3) is 0 Å². The van der Waals surface area contributed by atoms with E-state index in [0.717, 1.165) is 24.3 Å². The average molecular weight is 314 g/mol. The third kappa shape index (κ3) is 5.28. The topological polar surface area (TPSA) is 53.3 Å². The van der Waals surface area contributed by atoms with Crippen molar-refractivity contribution in [3.63, 3.8) is 0 Å². The molecule has 1 aromatic carbocycles. The van der Waals surface area contributed by atoms with Crippen molar-refractivity contribution in [2.75, 3.05) is 18.1 Å². The highest BCUT2D eigenvalue weighted by Gasteiger charge is 2.22. The van der Waals surface area contributed by atoms with E-state index in [-0.39, 0.29) is 5.91 Å². The molecule has 0 heterocycles. The Morgan fingerprint density at radius 3 is 2.57 bits per heavy atom. The molecule has 1 amide bonds. The molecule has 0 bridgehead atoms. The molecule has 1 aromatic rings. The van der Waals surface area contributed by atoms with Crippen LogP contribution in [0.2, 0.25) is 0 Å². The van der Waals surface area contributed by atoms with Gasteiger partial charge in [0.1, 0.15) is 5.75 Å². The van der Waals surface area contributed by atoms with E-state index in [1.807, 2.05) is 31.2 Å².